The van der Waals surface area contributed by atoms with Gasteiger partial charge < -0.3 is 28.0 Å². The molecule has 1 rings (SSSR count). The van der Waals surface area contributed by atoms with Gasteiger partial charge in [-0.2, -0.15) is 0 Å². The average Bonchev–Trinajstić information content (AvgIpc) is 2.56. The normalized spacial score (nSPS) is 10.5. The smallest absolute Gasteiger partial charge is 0.320 e. The number of unbranched alkanes of at least 4 members (excludes halogenated alkanes) is 1. The van der Waals surface area contributed by atoms with E-state index in [4.69, 9.17) is 16.6 Å². The fraction of sp³-hybridized carbons (Fsp3) is 0.471. The lowest BCUT2D eigenvalue weighted by Gasteiger charge is -2.03. The molecule has 25 heavy (non-hydrogen) atoms. The molecule has 0 radical (unpaired) electrons. The Hall–Kier alpha value is -2.29. The SMILES string of the molecule is CCCC(=O)Nc1ccc(C=O)cc1.N.NCCCC[C@H](N)C(=O)O. The van der Waals surface area contributed by atoms with Crippen molar-refractivity contribution in [2.24, 2.45) is 11.5 Å². The molecule has 8 nitrogen and oxygen atoms in total. The van der Waals surface area contributed by atoms with Gasteiger partial charge in [0.25, 0.3) is 0 Å². The molecule has 1 amide bonds. The first kappa shape index (κ1) is 25.0. The monoisotopic (exact) mass is 354 g/mol. The minimum Gasteiger partial charge on any atom is -0.480 e. The van der Waals surface area contributed by atoms with Gasteiger partial charge in [-0.1, -0.05) is 13.3 Å². The number of carboxylic acids is 1. The van der Waals surface area contributed by atoms with Crippen LogP contribution in [0.4, 0.5) is 5.69 Å². The van der Waals surface area contributed by atoms with Gasteiger partial charge in [0.05, 0.1) is 0 Å². The van der Waals surface area contributed by atoms with Gasteiger partial charge >= 0.3 is 5.97 Å². The maximum atomic E-state index is 11.2. The van der Waals surface area contributed by atoms with Crippen molar-refractivity contribution < 1.29 is 19.5 Å². The molecule has 0 fully saturated rings. The minimum atomic E-state index is -0.933. The number of aliphatic carboxylic acids is 1. The molecule has 142 valence electrons. The lowest BCUT2D eigenvalue weighted by molar-refractivity contribution is -0.138. The van der Waals surface area contributed by atoms with E-state index in [1.165, 1.54) is 0 Å². The fourth-order valence-electron chi connectivity index (χ4n) is 1.73. The predicted molar refractivity (Wildman–Crippen MR) is 98.9 cm³/mol. The molecule has 0 heterocycles. The summed E-state index contributed by atoms with van der Waals surface area (Å²) >= 11 is 0. The van der Waals surface area contributed by atoms with Gasteiger partial charge in [-0.05, 0) is 50.1 Å². The molecule has 0 aromatic heterocycles. The molecule has 1 aromatic carbocycles. The number of carboxylic acid groups (broad SMARTS) is 1. The number of hydrogen-bond donors (Lipinski definition) is 5. The third-order valence-corrected chi connectivity index (χ3v) is 3.09. The Kier molecular flexibility index (Phi) is 15.2. The molecule has 0 aliphatic heterocycles. The Morgan fingerprint density at radius 2 is 1.84 bits per heavy atom. The first-order valence-corrected chi connectivity index (χ1v) is 7.98. The van der Waals surface area contributed by atoms with E-state index in [0.29, 0.717) is 24.9 Å². The second kappa shape index (κ2) is 15.3. The van der Waals surface area contributed by atoms with E-state index < -0.39 is 12.0 Å². The number of nitrogens with one attached hydrogen (secondary N) is 1. The Labute approximate surface area is 148 Å². The Balaban J connectivity index is 0. The lowest BCUT2D eigenvalue weighted by atomic mass is 10.1. The summed E-state index contributed by atoms with van der Waals surface area (Å²) < 4.78 is 0. The molecular weight excluding hydrogens is 324 g/mol. The van der Waals surface area contributed by atoms with Crippen LogP contribution in [0.3, 0.4) is 0 Å². The zero-order chi connectivity index (χ0) is 18.4. The van der Waals surface area contributed by atoms with E-state index in [-0.39, 0.29) is 12.1 Å². The quantitative estimate of drug-likeness (QED) is 0.333. The van der Waals surface area contributed by atoms with Crippen molar-refractivity contribution in [3.63, 3.8) is 0 Å². The van der Waals surface area contributed by atoms with Gasteiger partial charge in [-0.3, -0.25) is 14.4 Å². The van der Waals surface area contributed by atoms with Gasteiger partial charge in [0, 0.05) is 17.7 Å². The van der Waals surface area contributed by atoms with E-state index >= 15 is 0 Å². The number of hydrogen-bond acceptors (Lipinski definition) is 6. The van der Waals surface area contributed by atoms with Crippen molar-refractivity contribution in [3.8, 4) is 0 Å². The van der Waals surface area contributed by atoms with E-state index in [1.807, 2.05) is 6.92 Å². The maximum absolute atomic E-state index is 11.2. The molecular formula is C17H30N4O4. The zero-order valence-corrected chi connectivity index (χ0v) is 14.7. The molecule has 9 N–H and O–H groups in total. The molecule has 0 bridgehead atoms. The van der Waals surface area contributed by atoms with Crippen molar-refractivity contribution >= 4 is 23.9 Å². The van der Waals surface area contributed by atoms with Crippen LogP contribution >= 0.6 is 0 Å². The highest BCUT2D eigenvalue weighted by molar-refractivity contribution is 5.91. The summed E-state index contributed by atoms with van der Waals surface area (Å²) in [5.74, 6) is -0.927. The van der Waals surface area contributed by atoms with Crippen molar-refractivity contribution in [3.05, 3.63) is 29.8 Å². The number of aldehydes is 1. The van der Waals surface area contributed by atoms with Crippen molar-refractivity contribution in [1.82, 2.24) is 6.15 Å². The summed E-state index contributed by atoms with van der Waals surface area (Å²) in [5, 5.41) is 11.1. The van der Waals surface area contributed by atoms with Gasteiger partial charge in [0.2, 0.25) is 5.91 Å². The number of amides is 1. The third kappa shape index (κ3) is 12.8. The van der Waals surface area contributed by atoms with Crippen LogP contribution in [0.15, 0.2) is 24.3 Å². The summed E-state index contributed by atoms with van der Waals surface area (Å²) in [6.45, 7) is 2.56. The lowest BCUT2D eigenvalue weighted by Crippen LogP contribution is -2.29. The van der Waals surface area contributed by atoms with Gasteiger partial charge in [-0.15, -0.1) is 0 Å². The first-order valence-electron chi connectivity index (χ1n) is 7.98. The van der Waals surface area contributed by atoms with Crippen LogP contribution in [0.2, 0.25) is 0 Å². The van der Waals surface area contributed by atoms with Crippen molar-refractivity contribution in [1.29, 1.82) is 0 Å². The molecule has 8 heteroatoms. The summed E-state index contributed by atoms with van der Waals surface area (Å²) in [6.07, 6.45) is 4.29. The van der Waals surface area contributed by atoms with Crippen molar-refractivity contribution in [2.45, 2.75) is 45.1 Å². The van der Waals surface area contributed by atoms with E-state index in [0.717, 1.165) is 31.2 Å². The topological polar surface area (TPSA) is 171 Å². The summed E-state index contributed by atoms with van der Waals surface area (Å²) in [4.78, 5) is 31.7. The van der Waals surface area contributed by atoms with Crippen LogP contribution in [-0.4, -0.2) is 35.9 Å². The molecule has 0 aliphatic carbocycles. The van der Waals surface area contributed by atoms with Crippen LogP contribution in [0, 0.1) is 0 Å². The van der Waals surface area contributed by atoms with Crippen LogP contribution in [-0.2, 0) is 9.59 Å². The zero-order valence-electron chi connectivity index (χ0n) is 14.7. The summed E-state index contributed by atoms with van der Waals surface area (Å²) in [7, 11) is 0. The van der Waals surface area contributed by atoms with E-state index in [1.54, 1.807) is 24.3 Å². The summed E-state index contributed by atoms with van der Waals surface area (Å²) in [6, 6.07) is 6.07. The Morgan fingerprint density at radius 1 is 1.24 bits per heavy atom. The van der Waals surface area contributed by atoms with Crippen LogP contribution in [0.1, 0.15) is 49.4 Å². The first-order chi connectivity index (χ1) is 11.4. The molecule has 1 atom stereocenters. The van der Waals surface area contributed by atoms with E-state index in [9.17, 15) is 14.4 Å². The summed E-state index contributed by atoms with van der Waals surface area (Å²) in [5.41, 5.74) is 11.8. The molecule has 0 saturated carbocycles. The maximum Gasteiger partial charge on any atom is 0.320 e. The number of anilines is 1. The number of benzene rings is 1. The van der Waals surface area contributed by atoms with Gasteiger partial charge in [-0.25, -0.2) is 0 Å². The second-order valence-corrected chi connectivity index (χ2v) is 5.27. The highest BCUT2D eigenvalue weighted by Gasteiger charge is 2.09. The fourth-order valence-corrected chi connectivity index (χ4v) is 1.73. The molecule has 0 saturated heterocycles. The Morgan fingerprint density at radius 3 is 2.28 bits per heavy atom. The average molecular weight is 354 g/mol. The number of rotatable bonds is 9. The van der Waals surface area contributed by atoms with Gasteiger partial charge in [0.1, 0.15) is 12.3 Å². The largest absolute Gasteiger partial charge is 0.480 e. The third-order valence-electron chi connectivity index (χ3n) is 3.09. The minimum absolute atomic E-state index is 0. The second-order valence-electron chi connectivity index (χ2n) is 5.27. The standard InChI is InChI=1S/C11H13NO2.C6H14N2O2.H3N/c1-2-3-11(14)12-10-6-4-9(8-13)5-7-10;7-4-2-1-3-5(8)6(9)10;/h4-8H,2-3H2,1H3,(H,12,14);5H,1-4,7-8H2,(H,9,10);1H3/t;5-;/m.0./s1. The molecule has 0 aliphatic rings. The van der Waals surface area contributed by atoms with E-state index in [2.05, 4.69) is 5.32 Å². The number of carbonyl (C=O) groups is 3. The highest BCUT2D eigenvalue weighted by Crippen LogP contribution is 2.08. The van der Waals surface area contributed by atoms with Gasteiger partial charge in [0.15, 0.2) is 0 Å². The number of nitrogens with two attached hydrogens (primary N) is 2. The van der Waals surface area contributed by atoms with Crippen molar-refractivity contribution in [2.75, 3.05) is 11.9 Å². The van der Waals surface area contributed by atoms with Crippen LogP contribution in [0.25, 0.3) is 0 Å². The molecule has 0 unspecified atom stereocenters. The predicted octanol–water partition coefficient (Wildman–Crippen LogP) is 1.93. The molecule has 0 spiro atoms. The van der Waals surface area contributed by atoms with Crippen LogP contribution in [0.5, 0.6) is 0 Å². The number of carbonyl (C=O) groups excluding carboxylic acids is 2. The Bertz CT molecular complexity index is 506. The molecule has 1 aromatic rings. The van der Waals surface area contributed by atoms with Crippen LogP contribution < -0.4 is 22.9 Å². The highest BCUT2D eigenvalue weighted by atomic mass is 16.4.